The maximum absolute atomic E-state index is 10.8. The predicted molar refractivity (Wildman–Crippen MR) is 79.2 cm³/mol. The molecule has 0 radical (unpaired) electrons. The molecule has 0 spiro atoms. The molecule has 0 aliphatic carbocycles. The van der Waals surface area contributed by atoms with Crippen LogP contribution in [0.25, 0.3) is 4.85 Å². The third-order valence-corrected chi connectivity index (χ3v) is 3.09. The van der Waals surface area contributed by atoms with Crippen molar-refractivity contribution >= 4 is 17.2 Å². The van der Waals surface area contributed by atoms with Crippen molar-refractivity contribution in [2.24, 2.45) is 0 Å². The molecule has 0 fully saturated rings. The average molecular weight is 285 g/mol. The summed E-state index contributed by atoms with van der Waals surface area (Å²) in [4.78, 5) is 13.8. The van der Waals surface area contributed by atoms with Gasteiger partial charge < -0.3 is 5.73 Å². The highest BCUT2D eigenvalue weighted by Crippen LogP contribution is 2.31. The zero-order valence-corrected chi connectivity index (χ0v) is 11.8. The van der Waals surface area contributed by atoms with Gasteiger partial charge in [-0.2, -0.15) is 5.10 Å². The van der Waals surface area contributed by atoms with Crippen LogP contribution < -0.4 is 5.73 Å². The summed E-state index contributed by atoms with van der Waals surface area (Å²) in [5.41, 5.74) is 7.53. The standard InChI is InChI=1S/C14H15N5O2/c1-9(2)18-14(15)13(16-3)12(17-18)8-10-5-4-6-11(7-10)19(20)21/h4-7,9H,8,15H2,1-2H3. The number of anilines is 1. The summed E-state index contributed by atoms with van der Waals surface area (Å²) in [5.74, 6) is 0.334. The molecule has 0 atom stereocenters. The Morgan fingerprint density at radius 3 is 2.81 bits per heavy atom. The second kappa shape index (κ2) is 5.63. The maximum Gasteiger partial charge on any atom is 0.269 e. The van der Waals surface area contributed by atoms with E-state index in [2.05, 4.69) is 9.94 Å². The van der Waals surface area contributed by atoms with E-state index in [1.807, 2.05) is 13.8 Å². The fourth-order valence-electron chi connectivity index (χ4n) is 2.10. The van der Waals surface area contributed by atoms with E-state index in [0.717, 1.165) is 5.56 Å². The fourth-order valence-corrected chi connectivity index (χ4v) is 2.10. The van der Waals surface area contributed by atoms with Gasteiger partial charge >= 0.3 is 0 Å². The molecule has 0 aliphatic heterocycles. The Bertz CT molecular complexity index is 727. The molecular formula is C14H15N5O2. The quantitative estimate of drug-likeness (QED) is 0.531. The van der Waals surface area contributed by atoms with Crippen molar-refractivity contribution in [1.82, 2.24) is 9.78 Å². The number of nitro groups is 1. The van der Waals surface area contributed by atoms with Gasteiger partial charge in [0, 0.05) is 24.6 Å². The molecule has 0 saturated carbocycles. The third-order valence-electron chi connectivity index (χ3n) is 3.09. The van der Waals surface area contributed by atoms with Crippen LogP contribution in [0.15, 0.2) is 24.3 Å². The minimum Gasteiger partial charge on any atom is -0.393 e. The molecule has 0 amide bonds. The van der Waals surface area contributed by atoms with Crippen molar-refractivity contribution in [3.63, 3.8) is 0 Å². The van der Waals surface area contributed by atoms with Crippen molar-refractivity contribution in [1.29, 1.82) is 0 Å². The van der Waals surface area contributed by atoms with Crippen molar-refractivity contribution in [2.45, 2.75) is 26.3 Å². The van der Waals surface area contributed by atoms with Gasteiger partial charge in [0.25, 0.3) is 11.4 Å². The van der Waals surface area contributed by atoms with Crippen LogP contribution >= 0.6 is 0 Å². The van der Waals surface area contributed by atoms with E-state index in [-0.39, 0.29) is 11.7 Å². The summed E-state index contributed by atoms with van der Waals surface area (Å²) < 4.78 is 1.60. The normalized spacial score (nSPS) is 10.6. The van der Waals surface area contributed by atoms with Crippen LogP contribution in [-0.2, 0) is 6.42 Å². The lowest BCUT2D eigenvalue weighted by atomic mass is 10.1. The minimum absolute atomic E-state index is 0.0214. The zero-order chi connectivity index (χ0) is 15.6. The summed E-state index contributed by atoms with van der Waals surface area (Å²) in [7, 11) is 0. The van der Waals surface area contributed by atoms with Gasteiger partial charge in [-0.1, -0.05) is 12.1 Å². The molecule has 2 N–H and O–H groups in total. The van der Waals surface area contributed by atoms with Crippen molar-refractivity contribution in [3.8, 4) is 0 Å². The highest BCUT2D eigenvalue weighted by molar-refractivity contribution is 5.67. The van der Waals surface area contributed by atoms with Crippen molar-refractivity contribution in [2.75, 3.05) is 5.73 Å². The first kappa shape index (κ1) is 14.5. The van der Waals surface area contributed by atoms with E-state index in [4.69, 9.17) is 12.3 Å². The highest BCUT2D eigenvalue weighted by atomic mass is 16.6. The number of hydrogen-bond donors (Lipinski definition) is 1. The summed E-state index contributed by atoms with van der Waals surface area (Å²) in [5, 5.41) is 15.2. The van der Waals surface area contributed by atoms with Crippen molar-refractivity contribution in [3.05, 3.63) is 57.1 Å². The Morgan fingerprint density at radius 1 is 1.52 bits per heavy atom. The molecule has 0 saturated heterocycles. The van der Waals surface area contributed by atoms with Crippen molar-refractivity contribution < 1.29 is 4.92 Å². The van der Waals surface area contributed by atoms with Crippen LogP contribution in [-0.4, -0.2) is 14.7 Å². The number of nitro benzene ring substituents is 1. The minimum atomic E-state index is -0.444. The Labute approximate surface area is 122 Å². The number of nitrogen functional groups attached to an aromatic ring is 1. The number of nitrogens with two attached hydrogens (primary N) is 1. The highest BCUT2D eigenvalue weighted by Gasteiger charge is 2.18. The molecule has 7 heteroatoms. The van der Waals surface area contributed by atoms with Gasteiger partial charge in [-0.3, -0.25) is 14.8 Å². The van der Waals surface area contributed by atoms with Crippen LogP contribution in [0, 0.1) is 16.7 Å². The molecule has 0 bridgehead atoms. The van der Waals surface area contributed by atoms with E-state index in [1.54, 1.807) is 16.8 Å². The number of aromatic nitrogens is 2. The molecular weight excluding hydrogens is 270 g/mol. The van der Waals surface area contributed by atoms with Gasteiger partial charge in [-0.05, 0) is 19.4 Å². The lowest BCUT2D eigenvalue weighted by Crippen LogP contribution is -2.07. The smallest absolute Gasteiger partial charge is 0.269 e. The molecule has 2 rings (SSSR count). The van der Waals surface area contributed by atoms with E-state index in [9.17, 15) is 10.1 Å². The number of benzene rings is 1. The summed E-state index contributed by atoms with van der Waals surface area (Å²) >= 11 is 0. The first-order valence-electron chi connectivity index (χ1n) is 6.41. The van der Waals surface area contributed by atoms with Crippen LogP contribution in [0.4, 0.5) is 17.2 Å². The van der Waals surface area contributed by atoms with E-state index >= 15 is 0 Å². The maximum atomic E-state index is 10.8. The Morgan fingerprint density at radius 2 is 2.24 bits per heavy atom. The number of non-ortho nitro benzene ring substituents is 1. The monoisotopic (exact) mass is 285 g/mol. The van der Waals surface area contributed by atoms with Gasteiger partial charge in [0.2, 0.25) is 0 Å². The molecule has 0 unspecified atom stereocenters. The van der Waals surface area contributed by atoms with Crippen LogP contribution in [0.2, 0.25) is 0 Å². The lowest BCUT2D eigenvalue weighted by molar-refractivity contribution is -0.384. The van der Waals surface area contributed by atoms with Gasteiger partial charge in [-0.15, -0.1) is 0 Å². The zero-order valence-electron chi connectivity index (χ0n) is 11.8. The number of hydrogen-bond acceptors (Lipinski definition) is 4. The molecule has 2 aromatic rings. The Kier molecular flexibility index (Phi) is 3.89. The average Bonchev–Trinajstić information content (AvgIpc) is 2.75. The van der Waals surface area contributed by atoms with Crippen LogP contribution in [0.1, 0.15) is 31.1 Å². The van der Waals surface area contributed by atoms with Gasteiger partial charge in [-0.25, -0.2) is 4.85 Å². The van der Waals surface area contributed by atoms with E-state index in [1.165, 1.54) is 12.1 Å². The molecule has 1 aromatic heterocycles. The number of rotatable bonds is 4. The molecule has 1 heterocycles. The predicted octanol–water partition coefficient (Wildman–Crippen LogP) is 3.10. The van der Waals surface area contributed by atoms with Gasteiger partial charge in [0.05, 0.1) is 17.2 Å². The topological polar surface area (TPSA) is 91.3 Å². The Balaban J connectivity index is 2.40. The first-order chi connectivity index (χ1) is 9.93. The molecule has 108 valence electrons. The second-order valence-electron chi connectivity index (χ2n) is 4.93. The summed E-state index contributed by atoms with van der Waals surface area (Å²) in [6.07, 6.45) is 0.337. The second-order valence-corrected chi connectivity index (χ2v) is 4.93. The molecule has 7 nitrogen and oxygen atoms in total. The molecule has 0 aliphatic rings. The molecule has 21 heavy (non-hydrogen) atoms. The fraction of sp³-hybridized carbons (Fsp3) is 0.286. The SMILES string of the molecule is [C-]#[N+]c1c(Cc2cccc([N+](=O)[O-])c2)nn(C(C)C)c1N. The Hall–Kier alpha value is -2.88. The van der Waals surface area contributed by atoms with E-state index < -0.39 is 4.92 Å². The van der Waals surface area contributed by atoms with Crippen LogP contribution in [0.3, 0.4) is 0 Å². The lowest BCUT2D eigenvalue weighted by Gasteiger charge is -2.07. The largest absolute Gasteiger partial charge is 0.393 e. The number of nitrogens with zero attached hydrogens (tertiary/aromatic N) is 4. The van der Waals surface area contributed by atoms with Gasteiger partial charge in [0.1, 0.15) is 5.82 Å². The van der Waals surface area contributed by atoms with Crippen LogP contribution in [0.5, 0.6) is 0 Å². The summed E-state index contributed by atoms with van der Waals surface area (Å²) in [6, 6.07) is 6.35. The van der Waals surface area contributed by atoms with Gasteiger partial charge in [0.15, 0.2) is 0 Å². The molecule has 1 aromatic carbocycles. The van der Waals surface area contributed by atoms with E-state index in [0.29, 0.717) is 23.6 Å². The first-order valence-corrected chi connectivity index (χ1v) is 6.41. The summed E-state index contributed by atoms with van der Waals surface area (Å²) in [6.45, 7) is 11.1. The third kappa shape index (κ3) is 2.84.